The van der Waals surface area contributed by atoms with E-state index < -0.39 is 18.2 Å². The summed E-state index contributed by atoms with van der Waals surface area (Å²) in [5.41, 5.74) is 2.63. The summed E-state index contributed by atoms with van der Waals surface area (Å²) < 4.78 is 0. The van der Waals surface area contributed by atoms with Crippen LogP contribution in [0.3, 0.4) is 0 Å². The average molecular weight is 299 g/mol. The second-order valence-electron chi connectivity index (χ2n) is 5.16. The molecule has 114 valence electrons. The molecule has 6 nitrogen and oxygen atoms in total. The summed E-state index contributed by atoms with van der Waals surface area (Å²) in [6.07, 6.45) is -0.519. The Kier molecular flexibility index (Phi) is 4.50. The zero-order valence-corrected chi connectivity index (χ0v) is 12.7. The van der Waals surface area contributed by atoms with Gasteiger partial charge in [0.25, 0.3) is 0 Å². The number of Topliss-reactive ketones (excluding diaryl/α,β-unsaturated/α-hetero) is 1. The van der Waals surface area contributed by atoms with Crippen LogP contribution in [0.4, 0.5) is 5.95 Å². The van der Waals surface area contributed by atoms with Crippen molar-refractivity contribution in [2.45, 2.75) is 13.3 Å². The molecule has 0 bridgehead atoms. The van der Waals surface area contributed by atoms with E-state index in [2.05, 4.69) is 9.97 Å². The summed E-state index contributed by atoms with van der Waals surface area (Å²) >= 11 is 0. The van der Waals surface area contributed by atoms with Crippen molar-refractivity contribution in [2.75, 3.05) is 19.0 Å². The monoisotopic (exact) mass is 299 g/mol. The summed E-state index contributed by atoms with van der Waals surface area (Å²) in [7, 11) is 3.71. The van der Waals surface area contributed by atoms with Gasteiger partial charge in [0.2, 0.25) is 5.95 Å². The Bertz CT molecular complexity index is 726. The van der Waals surface area contributed by atoms with Crippen molar-refractivity contribution < 1.29 is 14.7 Å². The highest BCUT2D eigenvalue weighted by Crippen LogP contribution is 2.21. The predicted molar refractivity (Wildman–Crippen MR) is 83.1 cm³/mol. The third-order valence-corrected chi connectivity index (χ3v) is 3.03. The number of aliphatic carboxylic acids is 1. The highest BCUT2D eigenvalue weighted by atomic mass is 16.4. The van der Waals surface area contributed by atoms with Crippen molar-refractivity contribution in [1.82, 2.24) is 9.97 Å². The van der Waals surface area contributed by atoms with E-state index in [1.807, 2.05) is 33.2 Å². The van der Waals surface area contributed by atoms with Crippen LogP contribution in [0, 0.1) is 6.92 Å². The van der Waals surface area contributed by atoms with Crippen molar-refractivity contribution >= 4 is 17.7 Å². The lowest BCUT2D eigenvalue weighted by molar-refractivity contribution is -0.135. The Morgan fingerprint density at radius 3 is 2.55 bits per heavy atom. The SMILES string of the molecule is Cc1cc(-c2cccc(C(=O)CC(=O)O)c2)nc(N(C)C)n1. The van der Waals surface area contributed by atoms with Crippen molar-refractivity contribution in [3.8, 4) is 11.3 Å². The van der Waals surface area contributed by atoms with Crippen LogP contribution in [0.1, 0.15) is 22.5 Å². The number of hydrogen-bond donors (Lipinski definition) is 1. The second kappa shape index (κ2) is 6.34. The van der Waals surface area contributed by atoms with Gasteiger partial charge in [-0.15, -0.1) is 0 Å². The number of carbonyl (C=O) groups excluding carboxylic acids is 1. The van der Waals surface area contributed by atoms with Crippen LogP contribution >= 0.6 is 0 Å². The van der Waals surface area contributed by atoms with E-state index in [1.54, 1.807) is 23.1 Å². The lowest BCUT2D eigenvalue weighted by Gasteiger charge is -2.12. The molecule has 2 aromatic rings. The molecule has 0 saturated heterocycles. The molecule has 6 heteroatoms. The minimum absolute atomic E-state index is 0.363. The third-order valence-electron chi connectivity index (χ3n) is 3.03. The van der Waals surface area contributed by atoms with Crippen LogP contribution in [0.2, 0.25) is 0 Å². The molecule has 0 aliphatic carbocycles. The summed E-state index contributed by atoms with van der Waals surface area (Å²) in [4.78, 5) is 33.1. The Balaban J connectivity index is 2.41. The largest absolute Gasteiger partial charge is 0.481 e. The molecule has 2 rings (SSSR count). The van der Waals surface area contributed by atoms with Gasteiger partial charge in [-0.3, -0.25) is 9.59 Å². The van der Waals surface area contributed by atoms with E-state index in [9.17, 15) is 9.59 Å². The van der Waals surface area contributed by atoms with Gasteiger partial charge in [-0.25, -0.2) is 9.97 Å². The highest BCUT2D eigenvalue weighted by Gasteiger charge is 2.12. The third kappa shape index (κ3) is 3.66. The summed E-state index contributed by atoms with van der Waals surface area (Å²) in [6, 6.07) is 8.64. The lowest BCUT2D eigenvalue weighted by Crippen LogP contribution is -2.13. The van der Waals surface area contributed by atoms with Crippen LogP contribution < -0.4 is 4.90 Å². The van der Waals surface area contributed by atoms with Gasteiger partial charge >= 0.3 is 5.97 Å². The fourth-order valence-electron chi connectivity index (χ4n) is 1.99. The predicted octanol–water partition coefficient (Wildman–Crippen LogP) is 2.18. The van der Waals surface area contributed by atoms with E-state index in [0.29, 0.717) is 17.2 Å². The fourth-order valence-corrected chi connectivity index (χ4v) is 1.99. The number of rotatable bonds is 5. The van der Waals surface area contributed by atoms with E-state index in [4.69, 9.17) is 5.11 Å². The molecule has 0 spiro atoms. The molecule has 0 aliphatic heterocycles. The summed E-state index contributed by atoms with van der Waals surface area (Å²) in [6.45, 7) is 1.87. The van der Waals surface area contributed by atoms with E-state index in [0.717, 1.165) is 11.3 Å². The number of carboxylic acids is 1. The van der Waals surface area contributed by atoms with Crippen LogP contribution in [-0.4, -0.2) is 40.9 Å². The van der Waals surface area contributed by atoms with Gasteiger partial charge in [-0.2, -0.15) is 0 Å². The zero-order valence-electron chi connectivity index (χ0n) is 12.7. The number of benzene rings is 1. The maximum Gasteiger partial charge on any atom is 0.311 e. The van der Waals surface area contributed by atoms with Gasteiger partial charge in [0.15, 0.2) is 5.78 Å². The first-order valence-corrected chi connectivity index (χ1v) is 6.75. The average Bonchev–Trinajstić information content (AvgIpc) is 2.46. The minimum Gasteiger partial charge on any atom is -0.481 e. The quantitative estimate of drug-likeness (QED) is 0.673. The minimum atomic E-state index is -1.14. The van der Waals surface area contributed by atoms with Crippen molar-refractivity contribution in [3.05, 3.63) is 41.6 Å². The van der Waals surface area contributed by atoms with Gasteiger partial charge in [-0.05, 0) is 19.1 Å². The van der Waals surface area contributed by atoms with Gasteiger partial charge in [0.1, 0.15) is 6.42 Å². The number of hydrogen-bond acceptors (Lipinski definition) is 5. The molecule has 1 aromatic carbocycles. The Morgan fingerprint density at radius 1 is 1.18 bits per heavy atom. The van der Waals surface area contributed by atoms with E-state index >= 15 is 0 Å². The molecule has 0 radical (unpaired) electrons. The van der Waals surface area contributed by atoms with E-state index in [1.165, 1.54) is 0 Å². The number of aromatic nitrogens is 2. The molecule has 0 unspecified atom stereocenters. The van der Waals surface area contributed by atoms with Crippen LogP contribution in [0.25, 0.3) is 11.3 Å². The number of anilines is 1. The molecule has 1 heterocycles. The molecule has 1 N–H and O–H groups in total. The molecule has 0 atom stereocenters. The second-order valence-corrected chi connectivity index (χ2v) is 5.16. The molecule has 0 amide bonds. The normalized spacial score (nSPS) is 10.3. The maximum atomic E-state index is 11.9. The zero-order chi connectivity index (χ0) is 16.3. The lowest BCUT2D eigenvalue weighted by atomic mass is 10.0. The van der Waals surface area contributed by atoms with Crippen LogP contribution in [-0.2, 0) is 4.79 Å². The maximum absolute atomic E-state index is 11.9. The Morgan fingerprint density at radius 2 is 1.91 bits per heavy atom. The topological polar surface area (TPSA) is 83.4 Å². The summed E-state index contributed by atoms with van der Waals surface area (Å²) in [5.74, 6) is -0.978. The number of aryl methyl sites for hydroxylation is 1. The summed E-state index contributed by atoms with van der Waals surface area (Å²) in [5, 5.41) is 8.72. The van der Waals surface area contributed by atoms with E-state index in [-0.39, 0.29) is 0 Å². The molecule has 0 saturated carbocycles. The van der Waals surface area contributed by atoms with Gasteiger partial charge in [-0.1, -0.05) is 18.2 Å². The molecule has 0 aliphatic rings. The highest BCUT2D eigenvalue weighted by molar-refractivity contribution is 6.06. The van der Waals surface area contributed by atoms with Gasteiger partial charge in [0, 0.05) is 30.9 Å². The smallest absolute Gasteiger partial charge is 0.311 e. The Labute approximate surface area is 128 Å². The van der Waals surface area contributed by atoms with Crippen LogP contribution in [0.5, 0.6) is 0 Å². The molecular formula is C16H17N3O3. The number of nitrogens with zero attached hydrogens (tertiary/aromatic N) is 3. The molecule has 1 aromatic heterocycles. The first-order chi connectivity index (χ1) is 10.4. The van der Waals surface area contributed by atoms with Crippen molar-refractivity contribution in [3.63, 3.8) is 0 Å². The first-order valence-electron chi connectivity index (χ1n) is 6.75. The number of ketones is 1. The van der Waals surface area contributed by atoms with Crippen molar-refractivity contribution in [2.24, 2.45) is 0 Å². The molecule has 0 fully saturated rings. The fraction of sp³-hybridized carbons (Fsp3) is 0.250. The molecular weight excluding hydrogens is 282 g/mol. The van der Waals surface area contributed by atoms with Gasteiger partial charge < -0.3 is 10.0 Å². The number of carbonyl (C=O) groups is 2. The van der Waals surface area contributed by atoms with Crippen LogP contribution in [0.15, 0.2) is 30.3 Å². The standard InChI is InChI=1S/C16H17N3O3/c1-10-7-13(18-16(17-10)19(2)3)11-5-4-6-12(8-11)14(20)9-15(21)22/h4-8H,9H2,1-3H3,(H,21,22). The number of carboxylic acid groups (broad SMARTS) is 1. The Hall–Kier alpha value is -2.76. The first kappa shape index (κ1) is 15.6. The van der Waals surface area contributed by atoms with Gasteiger partial charge in [0.05, 0.1) is 5.69 Å². The van der Waals surface area contributed by atoms with Crippen molar-refractivity contribution in [1.29, 1.82) is 0 Å². The molecule has 22 heavy (non-hydrogen) atoms.